The van der Waals surface area contributed by atoms with Crippen molar-refractivity contribution in [1.29, 1.82) is 0 Å². The third-order valence-electron chi connectivity index (χ3n) is 11.9. The number of ketones is 1. The van der Waals surface area contributed by atoms with Gasteiger partial charge in [0.15, 0.2) is 18.7 Å². The second-order valence-electron chi connectivity index (χ2n) is 16.4. The summed E-state index contributed by atoms with van der Waals surface area (Å²) in [5.74, 6) is -4.71. The molecule has 14 nitrogen and oxygen atoms in total. The molecule has 3 fully saturated rings. The van der Waals surface area contributed by atoms with E-state index in [9.17, 15) is 29.7 Å². The molecule has 18 atom stereocenters. The maximum absolute atomic E-state index is 14.1. The van der Waals surface area contributed by atoms with E-state index in [0.717, 1.165) is 0 Å². The molecule has 0 aromatic heterocycles. The Morgan fingerprint density at radius 1 is 0.904 bits per heavy atom. The van der Waals surface area contributed by atoms with Crippen LogP contribution in [-0.2, 0) is 47.5 Å². The first-order valence-corrected chi connectivity index (χ1v) is 18.9. The lowest BCUT2D eigenvalue weighted by molar-refractivity contribution is -0.318. The zero-order valence-electron chi connectivity index (χ0n) is 33.5. The molecule has 3 rings (SSSR count). The van der Waals surface area contributed by atoms with Gasteiger partial charge in [0.25, 0.3) is 6.47 Å². The average Bonchev–Trinajstić information content (AvgIpc) is 3.08. The Bertz CT molecular complexity index is 1190. The molecule has 302 valence electrons. The van der Waals surface area contributed by atoms with Crippen LogP contribution in [0.25, 0.3) is 0 Å². The molecule has 3 heterocycles. The summed E-state index contributed by atoms with van der Waals surface area (Å²) in [5.41, 5.74) is -2.75. The SMILES string of the molecule is CCC1OC(=O)C(C)C(OC2CC(C)(OC)C(OC=O)C(C)O2)C(C)C(OC2OC(C)CC(N(C)C)C2O)C(C)(O)CC(C)C(=O)C(C)C(O)C1C. The second kappa shape index (κ2) is 18.3. The lowest BCUT2D eigenvalue weighted by Gasteiger charge is -2.49. The molecule has 0 saturated carbocycles. The predicted octanol–water partition coefficient (Wildman–Crippen LogP) is 2.85. The number of nitrogens with zero attached hydrogens (tertiary/aromatic N) is 1. The number of aliphatic hydroxyl groups is 3. The fraction of sp³-hybridized carbons (Fsp3) is 0.921. The van der Waals surface area contributed by atoms with Gasteiger partial charge >= 0.3 is 5.97 Å². The largest absolute Gasteiger partial charge is 0.462 e. The molecule has 0 radical (unpaired) electrons. The lowest BCUT2D eigenvalue weighted by atomic mass is 9.74. The van der Waals surface area contributed by atoms with Crippen molar-refractivity contribution in [3.05, 3.63) is 0 Å². The van der Waals surface area contributed by atoms with Crippen LogP contribution in [0.4, 0.5) is 0 Å². The molecule has 3 saturated heterocycles. The molecule has 0 bridgehead atoms. The van der Waals surface area contributed by atoms with E-state index in [2.05, 4.69) is 0 Å². The number of hydrogen-bond donors (Lipinski definition) is 3. The second-order valence-corrected chi connectivity index (χ2v) is 16.4. The number of aliphatic hydroxyl groups excluding tert-OH is 2. The van der Waals surface area contributed by atoms with Crippen LogP contribution in [0.1, 0.15) is 94.9 Å². The number of methoxy groups -OCH3 is 1. The van der Waals surface area contributed by atoms with Gasteiger partial charge < -0.3 is 53.4 Å². The topological polar surface area (TPSA) is 180 Å². The molecule has 3 aliphatic heterocycles. The van der Waals surface area contributed by atoms with Gasteiger partial charge in [-0.15, -0.1) is 0 Å². The first-order chi connectivity index (χ1) is 24.1. The quantitative estimate of drug-likeness (QED) is 0.232. The Balaban J connectivity index is 2.16. The Morgan fingerprint density at radius 2 is 1.54 bits per heavy atom. The van der Waals surface area contributed by atoms with E-state index in [1.54, 1.807) is 55.4 Å². The fourth-order valence-electron chi connectivity index (χ4n) is 8.66. The summed E-state index contributed by atoms with van der Waals surface area (Å²) in [6, 6.07) is -0.311. The standard InChI is InChI=1S/C38H67NO13/c1-14-27-21(4)30(42)22(5)29(41)19(2)16-37(9,45)33(52-36-31(43)26(39(11)12)15-20(3)48-36)23(6)32(24(7)35(44)50-27)51-28-17-38(10,46-13)34(47-18-40)25(8)49-28/h18-28,30-34,36,42-43,45H,14-17H2,1-13H3. The van der Waals surface area contributed by atoms with Crippen LogP contribution in [0.5, 0.6) is 0 Å². The maximum Gasteiger partial charge on any atom is 0.311 e. The summed E-state index contributed by atoms with van der Waals surface area (Å²) in [4.78, 5) is 41.2. The van der Waals surface area contributed by atoms with E-state index < -0.39 is 102 Å². The normalized spacial score (nSPS) is 47.4. The number of hydrogen-bond acceptors (Lipinski definition) is 14. The highest BCUT2D eigenvalue weighted by atomic mass is 16.7. The summed E-state index contributed by atoms with van der Waals surface area (Å²) < 4.78 is 43.0. The Morgan fingerprint density at radius 3 is 2.10 bits per heavy atom. The highest BCUT2D eigenvalue weighted by molar-refractivity contribution is 5.83. The first kappa shape index (κ1) is 44.6. The number of carbonyl (C=O) groups excluding carboxylic acids is 3. The van der Waals surface area contributed by atoms with Crippen LogP contribution in [-0.4, -0.2) is 138 Å². The number of esters is 1. The van der Waals surface area contributed by atoms with Crippen LogP contribution >= 0.6 is 0 Å². The minimum Gasteiger partial charge on any atom is -0.462 e. The highest BCUT2D eigenvalue weighted by Crippen LogP contribution is 2.41. The van der Waals surface area contributed by atoms with Crippen LogP contribution in [0, 0.1) is 29.6 Å². The predicted molar refractivity (Wildman–Crippen MR) is 190 cm³/mol. The Hall–Kier alpha value is -1.75. The molecule has 0 aromatic rings. The third-order valence-corrected chi connectivity index (χ3v) is 11.9. The molecule has 3 N–H and O–H groups in total. The van der Waals surface area contributed by atoms with E-state index in [1.165, 1.54) is 7.11 Å². The van der Waals surface area contributed by atoms with Gasteiger partial charge in [-0.2, -0.15) is 0 Å². The van der Waals surface area contributed by atoms with Gasteiger partial charge in [0, 0.05) is 43.2 Å². The molecule has 0 amide bonds. The molecule has 52 heavy (non-hydrogen) atoms. The van der Waals surface area contributed by atoms with Gasteiger partial charge in [0.2, 0.25) is 0 Å². The monoisotopic (exact) mass is 745 g/mol. The van der Waals surface area contributed by atoms with Gasteiger partial charge in [-0.25, -0.2) is 0 Å². The van der Waals surface area contributed by atoms with E-state index in [-0.39, 0.29) is 30.8 Å². The Kier molecular flexibility index (Phi) is 15.7. The van der Waals surface area contributed by atoms with Crippen molar-refractivity contribution in [1.82, 2.24) is 4.90 Å². The number of ether oxygens (including phenoxy) is 7. The summed E-state index contributed by atoms with van der Waals surface area (Å²) in [6.07, 6.45) is -7.93. The summed E-state index contributed by atoms with van der Waals surface area (Å²) in [6.45, 7) is 17.7. The van der Waals surface area contributed by atoms with Crippen LogP contribution in [0.2, 0.25) is 0 Å². The fourth-order valence-corrected chi connectivity index (χ4v) is 8.66. The Labute approximate surface area is 310 Å². The number of Topliss-reactive ketones (excluding diaryl/α,β-unsaturated/α-hetero) is 1. The maximum atomic E-state index is 14.1. The van der Waals surface area contributed by atoms with Crippen molar-refractivity contribution in [3.8, 4) is 0 Å². The van der Waals surface area contributed by atoms with E-state index >= 15 is 0 Å². The van der Waals surface area contributed by atoms with Crippen molar-refractivity contribution in [3.63, 3.8) is 0 Å². The van der Waals surface area contributed by atoms with Gasteiger partial charge in [-0.05, 0) is 68.0 Å². The van der Waals surface area contributed by atoms with Crippen LogP contribution in [0.15, 0.2) is 0 Å². The highest BCUT2D eigenvalue weighted by Gasteiger charge is 2.53. The van der Waals surface area contributed by atoms with Crippen LogP contribution < -0.4 is 0 Å². The minimum atomic E-state index is -1.74. The summed E-state index contributed by atoms with van der Waals surface area (Å²) in [7, 11) is 5.22. The van der Waals surface area contributed by atoms with Crippen molar-refractivity contribution in [2.45, 2.75) is 174 Å². The zero-order chi connectivity index (χ0) is 39.5. The third kappa shape index (κ3) is 9.91. The molecule has 18 unspecified atom stereocenters. The van der Waals surface area contributed by atoms with E-state index in [0.29, 0.717) is 19.3 Å². The van der Waals surface area contributed by atoms with Crippen molar-refractivity contribution < 1.29 is 62.9 Å². The molecular weight excluding hydrogens is 678 g/mol. The molecule has 14 heteroatoms. The first-order valence-electron chi connectivity index (χ1n) is 18.9. The number of carbonyl (C=O) groups is 3. The lowest BCUT2D eigenvalue weighted by Crippen LogP contribution is -2.61. The molecular formula is C38H67NO13. The molecule has 0 spiro atoms. The van der Waals surface area contributed by atoms with Crippen LogP contribution in [0.3, 0.4) is 0 Å². The van der Waals surface area contributed by atoms with Crippen molar-refractivity contribution >= 4 is 18.2 Å². The van der Waals surface area contributed by atoms with E-state index in [4.69, 9.17) is 33.2 Å². The molecule has 0 aromatic carbocycles. The van der Waals surface area contributed by atoms with Gasteiger partial charge in [0.1, 0.15) is 23.6 Å². The van der Waals surface area contributed by atoms with Crippen molar-refractivity contribution in [2.75, 3.05) is 21.2 Å². The average molecular weight is 746 g/mol. The van der Waals surface area contributed by atoms with Crippen molar-refractivity contribution in [2.24, 2.45) is 29.6 Å². The van der Waals surface area contributed by atoms with Gasteiger partial charge in [-0.3, -0.25) is 14.4 Å². The number of cyclic esters (lactones) is 1. The zero-order valence-corrected chi connectivity index (χ0v) is 33.5. The van der Waals surface area contributed by atoms with Gasteiger partial charge in [0.05, 0.1) is 42.0 Å². The molecule has 0 aliphatic carbocycles. The molecule has 3 aliphatic rings. The summed E-state index contributed by atoms with van der Waals surface area (Å²) >= 11 is 0. The smallest absolute Gasteiger partial charge is 0.311 e. The van der Waals surface area contributed by atoms with Gasteiger partial charge in [-0.1, -0.05) is 34.6 Å². The number of likely N-dealkylation sites (N-methyl/N-ethyl adjacent to an activating group) is 1. The minimum absolute atomic E-state index is 0.0616. The summed E-state index contributed by atoms with van der Waals surface area (Å²) in [5, 5.41) is 35.3. The number of rotatable bonds is 9. The van der Waals surface area contributed by atoms with E-state index in [1.807, 2.05) is 32.8 Å².